The Bertz CT molecular complexity index is 1810. The van der Waals surface area contributed by atoms with E-state index in [4.69, 9.17) is 9.47 Å². The molecule has 9 heteroatoms. The Hall–Kier alpha value is -4.51. The van der Waals surface area contributed by atoms with Crippen molar-refractivity contribution < 1.29 is 19.4 Å². The normalized spacial score (nSPS) is 22.0. The van der Waals surface area contributed by atoms with Crippen LogP contribution in [0.3, 0.4) is 0 Å². The fourth-order valence-corrected chi connectivity index (χ4v) is 6.54. The van der Waals surface area contributed by atoms with Gasteiger partial charge in [-0.25, -0.2) is 4.98 Å². The number of amides is 1. The van der Waals surface area contributed by atoms with Gasteiger partial charge in [-0.2, -0.15) is 0 Å². The first-order chi connectivity index (χ1) is 23.5. The quantitative estimate of drug-likeness (QED) is 0.202. The number of benzene rings is 4. The molecular formula is C39H41N5O4. The molecule has 0 bridgehead atoms. The number of aliphatic hydroxyl groups excluding tert-OH is 1. The van der Waals surface area contributed by atoms with E-state index in [1.807, 2.05) is 72.8 Å². The fraction of sp³-hybridized carbons (Fsp3) is 0.308. The van der Waals surface area contributed by atoms with Crippen LogP contribution in [0.1, 0.15) is 52.1 Å². The molecule has 2 N–H and O–H groups in total. The van der Waals surface area contributed by atoms with Crippen molar-refractivity contribution in [2.24, 2.45) is 5.92 Å². The van der Waals surface area contributed by atoms with Crippen LogP contribution in [0.15, 0.2) is 109 Å². The summed E-state index contributed by atoms with van der Waals surface area (Å²) in [6.07, 6.45) is 0.668. The lowest BCUT2D eigenvalue weighted by molar-refractivity contribution is -0.276. The number of hydrogen-bond acceptors (Lipinski definition) is 8. The number of nitrogens with zero attached hydrogens (tertiary/aromatic N) is 4. The van der Waals surface area contributed by atoms with Crippen LogP contribution in [0.5, 0.6) is 0 Å². The van der Waals surface area contributed by atoms with Crippen LogP contribution in [-0.2, 0) is 22.6 Å². The second kappa shape index (κ2) is 14.7. The van der Waals surface area contributed by atoms with Gasteiger partial charge in [0.05, 0.1) is 36.0 Å². The zero-order valence-corrected chi connectivity index (χ0v) is 27.1. The highest BCUT2D eigenvalue weighted by molar-refractivity contribution is 6.03. The number of carbonyl (C=O) groups is 1. The lowest BCUT2D eigenvalue weighted by Crippen LogP contribution is -2.51. The maximum atomic E-state index is 13.0. The van der Waals surface area contributed by atoms with Gasteiger partial charge in [-0.1, -0.05) is 85.8 Å². The summed E-state index contributed by atoms with van der Waals surface area (Å²) >= 11 is 0. The summed E-state index contributed by atoms with van der Waals surface area (Å²) in [4.78, 5) is 26.8. The molecule has 2 aliphatic rings. The summed E-state index contributed by atoms with van der Waals surface area (Å²) in [5, 5.41) is 12.5. The van der Waals surface area contributed by atoms with Crippen LogP contribution < -0.4 is 5.32 Å². The molecule has 4 aromatic carbocycles. The Labute approximate surface area is 281 Å². The minimum atomic E-state index is -0.579. The van der Waals surface area contributed by atoms with E-state index >= 15 is 0 Å². The number of hydrogen-bond donors (Lipinski definition) is 2. The minimum absolute atomic E-state index is 0.00228. The second-order valence-corrected chi connectivity index (χ2v) is 12.7. The third-order valence-corrected chi connectivity index (χ3v) is 9.40. The zero-order chi connectivity index (χ0) is 32.9. The van der Waals surface area contributed by atoms with Crippen LogP contribution >= 0.6 is 0 Å². The molecule has 7 rings (SSSR count). The lowest BCUT2D eigenvalue weighted by atomic mass is 9.90. The van der Waals surface area contributed by atoms with Crippen molar-refractivity contribution in [2.45, 2.75) is 38.6 Å². The van der Waals surface area contributed by atoms with E-state index in [-0.39, 0.29) is 36.3 Å². The van der Waals surface area contributed by atoms with Crippen molar-refractivity contribution >= 4 is 22.6 Å². The van der Waals surface area contributed by atoms with E-state index < -0.39 is 6.29 Å². The minimum Gasteiger partial charge on any atom is -0.392 e. The predicted octanol–water partition coefficient (Wildman–Crippen LogP) is 5.98. The van der Waals surface area contributed by atoms with Crippen molar-refractivity contribution in [2.75, 3.05) is 38.0 Å². The zero-order valence-electron chi connectivity index (χ0n) is 27.1. The number of piperazine rings is 1. The van der Waals surface area contributed by atoms with E-state index in [1.165, 1.54) is 11.8 Å². The molecule has 1 amide bonds. The number of nitrogens with one attached hydrogen (secondary N) is 1. The van der Waals surface area contributed by atoms with Crippen molar-refractivity contribution in [1.29, 1.82) is 0 Å². The monoisotopic (exact) mass is 643 g/mol. The van der Waals surface area contributed by atoms with Crippen molar-refractivity contribution in [3.8, 4) is 0 Å². The van der Waals surface area contributed by atoms with E-state index in [9.17, 15) is 9.90 Å². The van der Waals surface area contributed by atoms with Gasteiger partial charge in [-0.3, -0.25) is 19.6 Å². The molecule has 2 saturated heterocycles. The predicted molar refractivity (Wildman–Crippen MR) is 185 cm³/mol. The lowest BCUT2D eigenvalue weighted by Gasteiger charge is -2.44. The Morgan fingerprint density at radius 1 is 0.792 bits per heavy atom. The van der Waals surface area contributed by atoms with E-state index in [2.05, 4.69) is 62.3 Å². The molecule has 48 heavy (non-hydrogen) atoms. The third-order valence-electron chi connectivity index (χ3n) is 9.40. The molecule has 9 nitrogen and oxygen atoms in total. The number of rotatable bonds is 9. The summed E-state index contributed by atoms with van der Waals surface area (Å²) in [6.45, 7) is 7.98. The summed E-state index contributed by atoms with van der Waals surface area (Å²) in [5.74, 6) is -0.222. The number of ether oxygens (including phenoxy) is 2. The van der Waals surface area contributed by atoms with Crippen LogP contribution in [0.2, 0.25) is 0 Å². The SMILES string of the molecule is C[C@@H]1[C@H](CN2CCN(Cc3ccccc3)CC2)O[C@H](c2ccc(NC(=O)c3cnc4ccccc4n3)cc2)O[C@@H]1c1ccc(CO)cc1. The molecule has 2 aliphatic heterocycles. The van der Waals surface area contributed by atoms with E-state index in [1.54, 1.807) is 0 Å². The topological polar surface area (TPSA) is 100 Å². The summed E-state index contributed by atoms with van der Waals surface area (Å²) in [6, 6.07) is 33.7. The highest BCUT2D eigenvalue weighted by atomic mass is 16.7. The van der Waals surface area contributed by atoms with Crippen molar-refractivity contribution in [3.05, 3.63) is 137 Å². The Morgan fingerprint density at radius 2 is 1.46 bits per heavy atom. The number of para-hydroxylation sites is 2. The number of aliphatic hydroxyl groups is 1. The maximum absolute atomic E-state index is 13.0. The molecule has 0 aliphatic carbocycles. The molecule has 246 valence electrons. The Morgan fingerprint density at radius 3 is 2.19 bits per heavy atom. The van der Waals surface area contributed by atoms with Gasteiger partial charge in [0.1, 0.15) is 5.69 Å². The molecule has 5 aromatic rings. The van der Waals surface area contributed by atoms with Gasteiger partial charge in [0.15, 0.2) is 6.29 Å². The largest absolute Gasteiger partial charge is 0.392 e. The molecule has 2 fully saturated rings. The second-order valence-electron chi connectivity index (χ2n) is 12.7. The Balaban J connectivity index is 1.04. The first-order valence-corrected chi connectivity index (χ1v) is 16.6. The van der Waals surface area contributed by atoms with E-state index in [0.29, 0.717) is 11.2 Å². The molecule has 0 spiro atoms. The third kappa shape index (κ3) is 7.46. The molecule has 0 radical (unpaired) electrons. The first kappa shape index (κ1) is 32.1. The van der Waals surface area contributed by atoms with Gasteiger partial charge in [0, 0.05) is 56.4 Å². The number of aromatic nitrogens is 2. The molecule has 1 aromatic heterocycles. The van der Waals surface area contributed by atoms with Crippen LogP contribution in [0, 0.1) is 5.92 Å². The van der Waals surface area contributed by atoms with Gasteiger partial charge in [0.2, 0.25) is 0 Å². The molecule has 0 saturated carbocycles. The average molecular weight is 644 g/mol. The van der Waals surface area contributed by atoms with Gasteiger partial charge < -0.3 is 19.9 Å². The van der Waals surface area contributed by atoms with Crippen molar-refractivity contribution in [1.82, 2.24) is 19.8 Å². The molecule has 0 unspecified atom stereocenters. The number of carbonyl (C=O) groups excluding carboxylic acids is 1. The highest BCUT2D eigenvalue weighted by Gasteiger charge is 2.39. The van der Waals surface area contributed by atoms with Gasteiger partial charge in [-0.05, 0) is 41.0 Å². The van der Waals surface area contributed by atoms with Crippen molar-refractivity contribution in [3.63, 3.8) is 0 Å². The van der Waals surface area contributed by atoms with Gasteiger partial charge in [0.25, 0.3) is 5.91 Å². The van der Waals surface area contributed by atoms with Gasteiger partial charge >= 0.3 is 0 Å². The molecular weight excluding hydrogens is 602 g/mol. The Kier molecular flexibility index (Phi) is 9.83. The molecule has 3 heterocycles. The molecule has 4 atom stereocenters. The van der Waals surface area contributed by atoms with Gasteiger partial charge in [-0.15, -0.1) is 0 Å². The standard InChI is InChI=1S/C39H41N5O4/c1-27-36(25-44-21-19-43(20-22-44)24-28-7-3-2-4-8-28)47-39(48-37(27)30-13-11-29(26-45)12-14-30)31-15-17-32(18-16-31)41-38(46)35-23-40-33-9-5-6-10-34(33)42-35/h2-18,23,27,36-37,39,45H,19-22,24-26H2,1H3,(H,41,46)/t27-,36+,37+,39+/m1/s1. The van der Waals surface area contributed by atoms with E-state index in [0.717, 1.165) is 61.5 Å². The maximum Gasteiger partial charge on any atom is 0.275 e. The van der Waals surface area contributed by atoms with Crippen LogP contribution in [0.4, 0.5) is 5.69 Å². The highest BCUT2D eigenvalue weighted by Crippen LogP contribution is 2.42. The number of fused-ring (bicyclic) bond motifs is 1. The first-order valence-electron chi connectivity index (χ1n) is 16.6. The average Bonchev–Trinajstić information content (AvgIpc) is 3.14. The smallest absolute Gasteiger partial charge is 0.275 e. The summed E-state index contributed by atoms with van der Waals surface area (Å²) < 4.78 is 13.4. The number of anilines is 1. The van der Waals surface area contributed by atoms with Crippen LogP contribution in [-0.4, -0.2) is 69.6 Å². The fourth-order valence-electron chi connectivity index (χ4n) is 6.54. The summed E-state index contributed by atoms with van der Waals surface area (Å²) in [5.41, 5.74) is 6.46. The summed E-state index contributed by atoms with van der Waals surface area (Å²) in [7, 11) is 0. The van der Waals surface area contributed by atoms with Crippen LogP contribution in [0.25, 0.3) is 11.0 Å².